The lowest BCUT2D eigenvalue weighted by atomic mass is 10.1. The topological polar surface area (TPSA) is 70.8 Å². The number of ether oxygens (including phenoxy) is 2. The summed E-state index contributed by atoms with van der Waals surface area (Å²) >= 11 is 0. The highest BCUT2D eigenvalue weighted by atomic mass is 28.4. The summed E-state index contributed by atoms with van der Waals surface area (Å²) in [6, 6.07) is 51.4. The summed E-state index contributed by atoms with van der Waals surface area (Å²) in [7, 11) is -0.821. The largest absolute Gasteiger partial charge is 0.473 e. The van der Waals surface area contributed by atoms with E-state index in [0.29, 0.717) is 43.2 Å². The molecule has 1 atom stereocenters. The van der Waals surface area contributed by atoms with Crippen LogP contribution in [0.25, 0.3) is 16.7 Å². The van der Waals surface area contributed by atoms with Crippen molar-refractivity contribution in [3.05, 3.63) is 173 Å². The minimum atomic E-state index is -2.67. The second kappa shape index (κ2) is 16.3. The fourth-order valence-corrected chi connectivity index (χ4v) is 12.9. The standard InChI is InChI=1S/C48H50N4O4Si/c1-48(2,3)57(39-22-13-7-14-23-39,40-24-15-8-16-25-40)56-35-38-30-31-51(32-38)41-26-17-27-42-45(41)50(4)47(53)52(42)43-28-29-44(54-33-36-18-9-5-10-19-36)49-46(43)55-34-37-20-11-6-12-21-37/h5-29,38H,30-35H2,1-4H3. The van der Waals surface area contributed by atoms with Crippen LogP contribution in [-0.2, 0) is 24.7 Å². The van der Waals surface area contributed by atoms with Gasteiger partial charge in [-0.15, -0.1) is 0 Å². The zero-order chi connectivity index (χ0) is 39.4. The number of aromatic nitrogens is 3. The molecule has 5 aromatic carbocycles. The zero-order valence-corrected chi connectivity index (χ0v) is 34.2. The Labute approximate surface area is 336 Å². The van der Waals surface area contributed by atoms with Gasteiger partial charge >= 0.3 is 5.69 Å². The van der Waals surface area contributed by atoms with E-state index in [0.717, 1.165) is 47.4 Å². The fourth-order valence-electron chi connectivity index (χ4n) is 8.30. The summed E-state index contributed by atoms with van der Waals surface area (Å²) in [5, 5.41) is 2.49. The highest BCUT2D eigenvalue weighted by Crippen LogP contribution is 2.38. The number of rotatable bonds is 13. The third kappa shape index (κ3) is 7.65. The second-order valence-electron chi connectivity index (χ2n) is 15.9. The molecule has 57 heavy (non-hydrogen) atoms. The van der Waals surface area contributed by atoms with Crippen LogP contribution in [0.1, 0.15) is 38.3 Å². The number of imidazole rings is 1. The summed E-state index contributed by atoms with van der Waals surface area (Å²) < 4.78 is 23.3. The summed E-state index contributed by atoms with van der Waals surface area (Å²) in [5.41, 5.74) is 5.10. The van der Waals surface area contributed by atoms with Crippen LogP contribution in [0.2, 0.25) is 5.04 Å². The third-order valence-electron chi connectivity index (χ3n) is 11.1. The summed E-state index contributed by atoms with van der Waals surface area (Å²) in [6.45, 7) is 9.99. The minimum Gasteiger partial charge on any atom is -0.473 e. The number of nitrogens with zero attached hydrogens (tertiary/aromatic N) is 4. The predicted molar refractivity (Wildman–Crippen MR) is 232 cm³/mol. The van der Waals surface area contributed by atoms with Gasteiger partial charge in [-0.2, -0.15) is 4.98 Å². The van der Waals surface area contributed by atoms with Gasteiger partial charge in [0.2, 0.25) is 11.8 Å². The van der Waals surface area contributed by atoms with Crippen molar-refractivity contribution < 1.29 is 13.9 Å². The van der Waals surface area contributed by atoms with Gasteiger partial charge in [0.05, 0.1) is 16.7 Å². The first-order valence-corrected chi connectivity index (χ1v) is 21.7. The van der Waals surface area contributed by atoms with E-state index < -0.39 is 8.32 Å². The maximum Gasteiger partial charge on any atom is 0.333 e. The maximum atomic E-state index is 14.3. The molecule has 2 aromatic heterocycles. The Balaban J connectivity index is 1.09. The van der Waals surface area contributed by atoms with Crippen molar-refractivity contribution in [2.75, 3.05) is 24.6 Å². The van der Waals surface area contributed by atoms with E-state index in [2.05, 4.69) is 92.4 Å². The first-order chi connectivity index (χ1) is 27.7. The van der Waals surface area contributed by atoms with E-state index in [1.807, 2.05) is 85.9 Å². The summed E-state index contributed by atoms with van der Waals surface area (Å²) in [5.74, 6) is 1.07. The molecule has 0 spiro atoms. The van der Waals surface area contributed by atoms with Crippen molar-refractivity contribution >= 4 is 35.4 Å². The lowest BCUT2D eigenvalue weighted by molar-refractivity contribution is 0.246. The molecule has 1 fully saturated rings. The molecule has 0 amide bonds. The molecule has 1 saturated heterocycles. The van der Waals surface area contributed by atoms with Gasteiger partial charge in [-0.05, 0) is 51.2 Å². The van der Waals surface area contributed by atoms with Gasteiger partial charge in [-0.1, -0.05) is 148 Å². The molecule has 0 aliphatic carbocycles. The normalized spacial score (nSPS) is 14.6. The molecular weight excluding hydrogens is 725 g/mol. The van der Waals surface area contributed by atoms with Crippen LogP contribution >= 0.6 is 0 Å². The van der Waals surface area contributed by atoms with Gasteiger partial charge in [0.25, 0.3) is 8.32 Å². The molecule has 7 aromatic rings. The molecule has 0 radical (unpaired) electrons. The summed E-state index contributed by atoms with van der Waals surface area (Å²) in [6.07, 6.45) is 0.995. The Bertz CT molecular complexity index is 2440. The smallest absolute Gasteiger partial charge is 0.333 e. The third-order valence-corrected chi connectivity index (χ3v) is 16.1. The molecule has 0 saturated carbocycles. The molecule has 0 N–H and O–H groups in total. The lowest BCUT2D eigenvalue weighted by Gasteiger charge is -2.43. The molecule has 3 heterocycles. The monoisotopic (exact) mass is 774 g/mol. The molecule has 1 aliphatic heterocycles. The van der Waals surface area contributed by atoms with E-state index >= 15 is 0 Å². The van der Waals surface area contributed by atoms with Crippen LogP contribution in [0.5, 0.6) is 11.8 Å². The van der Waals surface area contributed by atoms with Crippen molar-refractivity contribution in [1.29, 1.82) is 0 Å². The van der Waals surface area contributed by atoms with E-state index in [-0.39, 0.29) is 10.7 Å². The van der Waals surface area contributed by atoms with Crippen molar-refractivity contribution in [3.8, 4) is 17.4 Å². The zero-order valence-electron chi connectivity index (χ0n) is 33.2. The Hall–Kier alpha value is -5.90. The molecule has 8 rings (SSSR count). The molecule has 1 unspecified atom stereocenters. The lowest BCUT2D eigenvalue weighted by Crippen LogP contribution is -2.67. The highest BCUT2D eigenvalue weighted by Gasteiger charge is 2.50. The van der Waals surface area contributed by atoms with Gasteiger partial charge < -0.3 is 18.8 Å². The van der Waals surface area contributed by atoms with Gasteiger partial charge in [0, 0.05) is 38.7 Å². The number of benzene rings is 5. The number of pyridine rings is 1. The fraction of sp³-hybridized carbons (Fsp3) is 0.250. The van der Waals surface area contributed by atoms with Crippen LogP contribution in [-0.4, -0.2) is 42.1 Å². The Morgan fingerprint density at radius 2 is 1.26 bits per heavy atom. The van der Waals surface area contributed by atoms with Crippen LogP contribution in [0.15, 0.2) is 156 Å². The Kier molecular flexibility index (Phi) is 10.9. The minimum absolute atomic E-state index is 0.0917. The maximum absolute atomic E-state index is 14.3. The van der Waals surface area contributed by atoms with Crippen LogP contribution in [0.3, 0.4) is 0 Å². The predicted octanol–water partition coefficient (Wildman–Crippen LogP) is 8.29. The van der Waals surface area contributed by atoms with E-state index in [1.165, 1.54) is 10.4 Å². The second-order valence-corrected chi connectivity index (χ2v) is 20.2. The SMILES string of the molecule is Cn1c(=O)n(-c2ccc(OCc3ccccc3)nc2OCc2ccccc2)c2cccc(N3CCC(CO[Si](c4ccccc4)(c4ccccc4)C(C)(C)C)C3)c21. The number of anilines is 1. The van der Waals surface area contributed by atoms with Crippen LogP contribution in [0, 0.1) is 5.92 Å². The Morgan fingerprint density at radius 3 is 1.86 bits per heavy atom. The molecule has 290 valence electrons. The average Bonchev–Trinajstić information content (AvgIpc) is 3.82. The number of hydrogen-bond acceptors (Lipinski definition) is 6. The molecule has 0 bridgehead atoms. The first-order valence-electron chi connectivity index (χ1n) is 19.8. The molecular formula is C48H50N4O4Si. The van der Waals surface area contributed by atoms with Crippen LogP contribution < -0.4 is 30.4 Å². The van der Waals surface area contributed by atoms with Crippen LogP contribution in [0.4, 0.5) is 5.69 Å². The van der Waals surface area contributed by atoms with Gasteiger partial charge in [-0.25, -0.2) is 4.79 Å². The summed E-state index contributed by atoms with van der Waals surface area (Å²) in [4.78, 5) is 21.5. The van der Waals surface area contributed by atoms with Gasteiger partial charge in [0.1, 0.15) is 18.9 Å². The number of para-hydroxylation sites is 1. The average molecular weight is 775 g/mol. The molecule has 1 aliphatic rings. The van der Waals surface area contributed by atoms with E-state index in [9.17, 15) is 4.79 Å². The number of aryl methyl sites for hydroxylation is 1. The van der Waals surface area contributed by atoms with Gasteiger partial charge in [0.15, 0.2) is 0 Å². The van der Waals surface area contributed by atoms with Crippen molar-refractivity contribution in [1.82, 2.24) is 14.1 Å². The number of hydrogen-bond donors (Lipinski definition) is 0. The highest BCUT2D eigenvalue weighted by molar-refractivity contribution is 6.99. The van der Waals surface area contributed by atoms with Crippen molar-refractivity contribution in [2.24, 2.45) is 13.0 Å². The number of fused-ring (bicyclic) bond motifs is 1. The van der Waals surface area contributed by atoms with Gasteiger partial charge in [-0.3, -0.25) is 9.13 Å². The van der Waals surface area contributed by atoms with E-state index in [1.54, 1.807) is 15.2 Å². The Morgan fingerprint density at radius 1 is 0.684 bits per heavy atom. The quantitative estimate of drug-likeness (QED) is 0.110. The van der Waals surface area contributed by atoms with E-state index in [4.69, 9.17) is 18.9 Å². The molecule has 9 heteroatoms. The van der Waals surface area contributed by atoms with Crippen molar-refractivity contribution in [3.63, 3.8) is 0 Å². The first kappa shape index (κ1) is 38.0. The molecule has 8 nitrogen and oxygen atoms in total. The van der Waals surface area contributed by atoms with Crippen molar-refractivity contribution in [2.45, 2.75) is 45.4 Å².